The molecule has 4 aromatic carbocycles. The van der Waals surface area contributed by atoms with E-state index in [-0.39, 0.29) is 17.6 Å². The summed E-state index contributed by atoms with van der Waals surface area (Å²) in [4.78, 5) is 22.8. The molecule has 0 aliphatic rings. The molecule has 12 heteroatoms. The number of nitrogens with zero attached hydrogens (tertiary/aromatic N) is 2. The van der Waals surface area contributed by atoms with Gasteiger partial charge in [-0.25, -0.2) is 8.78 Å². The van der Waals surface area contributed by atoms with E-state index in [0.717, 1.165) is 42.2 Å². The van der Waals surface area contributed by atoms with Crippen molar-refractivity contribution < 1.29 is 38.4 Å². The van der Waals surface area contributed by atoms with E-state index in [1.807, 2.05) is 61.5 Å². The van der Waals surface area contributed by atoms with E-state index in [0.29, 0.717) is 29.9 Å². The van der Waals surface area contributed by atoms with Crippen LogP contribution >= 0.6 is 31.9 Å². The van der Waals surface area contributed by atoms with Gasteiger partial charge in [-0.1, -0.05) is 56.1 Å². The molecule has 0 amide bonds. The summed E-state index contributed by atoms with van der Waals surface area (Å²) in [6, 6.07) is 21.9. The Morgan fingerprint density at radius 2 is 1.36 bits per heavy atom. The molecule has 8 nitrogen and oxygen atoms in total. The van der Waals surface area contributed by atoms with E-state index >= 15 is 4.39 Å². The molecule has 3 N–H and O–H groups in total. The van der Waals surface area contributed by atoms with Crippen LogP contribution in [0, 0.1) is 25.5 Å². The van der Waals surface area contributed by atoms with Crippen LogP contribution in [0.15, 0.2) is 81.7 Å². The second-order valence-electron chi connectivity index (χ2n) is 11.9. The lowest BCUT2D eigenvalue weighted by atomic mass is 9.97. The Morgan fingerprint density at radius 3 is 1.86 bits per heavy atom. The van der Waals surface area contributed by atoms with E-state index in [2.05, 4.69) is 36.4 Å². The predicted molar refractivity (Wildman–Crippen MR) is 195 cm³/mol. The van der Waals surface area contributed by atoms with Crippen LogP contribution in [-0.2, 0) is 29.1 Å². The maximum atomic E-state index is 15.0. The highest BCUT2D eigenvalue weighted by Gasteiger charge is 2.29. The molecule has 0 saturated carbocycles. The Bertz CT molecular complexity index is 2230. The van der Waals surface area contributed by atoms with Crippen LogP contribution in [0.2, 0.25) is 0 Å². The first-order chi connectivity index (χ1) is 23.7. The quantitative estimate of drug-likeness (QED) is 0.134. The Hall–Kier alpha value is -4.68. The van der Waals surface area contributed by atoms with E-state index in [9.17, 15) is 29.3 Å². The van der Waals surface area contributed by atoms with Crippen molar-refractivity contribution >= 4 is 65.6 Å². The number of rotatable bonds is 9. The molecular formula is C38H34Br2F2N2O6. The van der Waals surface area contributed by atoms with Crippen LogP contribution in [0.3, 0.4) is 0 Å². The van der Waals surface area contributed by atoms with E-state index in [4.69, 9.17) is 4.74 Å². The van der Waals surface area contributed by atoms with Crippen molar-refractivity contribution in [1.29, 1.82) is 0 Å². The zero-order valence-electron chi connectivity index (χ0n) is 27.6. The molecule has 1 unspecified atom stereocenters. The molecule has 6 aromatic rings. The third-order valence-corrected chi connectivity index (χ3v) is 9.85. The van der Waals surface area contributed by atoms with Crippen molar-refractivity contribution in [1.82, 2.24) is 9.13 Å². The van der Waals surface area contributed by atoms with Crippen LogP contribution < -0.4 is 4.74 Å². The van der Waals surface area contributed by atoms with Crippen molar-refractivity contribution in [3.63, 3.8) is 0 Å². The number of aromatic hydroxyl groups is 1. The predicted octanol–water partition coefficient (Wildman–Crippen LogP) is 9.33. The zero-order chi connectivity index (χ0) is 36.4. The third-order valence-electron chi connectivity index (χ3n) is 8.79. The summed E-state index contributed by atoms with van der Waals surface area (Å²) in [5, 5.41) is 29.3. The highest BCUT2D eigenvalue weighted by atomic mass is 79.9. The molecule has 0 fully saturated rings. The van der Waals surface area contributed by atoms with Crippen LogP contribution in [0.4, 0.5) is 8.78 Å². The molecule has 0 aliphatic heterocycles. The van der Waals surface area contributed by atoms with Crippen LogP contribution in [-0.4, -0.2) is 43.5 Å². The number of phenols is 1. The third kappa shape index (κ3) is 7.41. The minimum atomic E-state index is -1.08. The number of hydrogen-bond donors (Lipinski definition) is 3. The molecule has 6 rings (SSSR count). The van der Waals surface area contributed by atoms with Crippen molar-refractivity contribution in [2.45, 2.75) is 46.2 Å². The van der Waals surface area contributed by atoms with Gasteiger partial charge in [-0.15, -0.1) is 0 Å². The summed E-state index contributed by atoms with van der Waals surface area (Å²) in [7, 11) is 1.18. The van der Waals surface area contributed by atoms with Crippen molar-refractivity contribution in [2.24, 2.45) is 0 Å². The number of ether oxygens (including phenoxy) is 1. The largest absolute Gasteiger partial charge is 0.508 e. The van der Waals surface area contributed by atoms with Crippen LogP contribution in [0.1, 0.15) is 46.5 Å². The van der Waals surface area contributed by atoms with Gasteiger partial charge in [-0.2, -0.15) is 0 Å². The second kappa shape index (κ2) is 15.1. The van der Waals surface area contributed by atoms with E-state index in [1.54, 1.807) is 23.6 Å². The lowest BCUT2D eigenvalue weighted by Gasteiger charge is -2.11. The van der Waals surface area contributed by atoms with Crippen molar-refractivity contribution in [3.8, 4) is 11.5 Å². The Kier molecular flexibility index (Phi) is 11.0. The number of aromatic nitrogens is 2. The van der Waals surface area contributed by atoms with Gasteiger partial charge >= 0.3 is 11.9 Å². The monoisotopic (exact) mass is 810 g/mol. The molecule has 0 aliphatic carbocycles. The fraction of sp³-hybridized carbons (Fsp3) is 0.211. The normalized spacial score (nSPS) is 11.8. The fourth-order valence-electron chi connectivity index (χ4n) is 6.27. The van der Waals surface area contributed by atoms with Gasteiger partial charge in [0.15, 0.2) is 17.4 Å². The molecular weight excluding hydrogens is 778 g/mol. The van der Waals surface area contributed by atoms with Crippen LogP contribution in [0.25, 0.3) is 21.8 Å². The summed E-state index contributed by atoms with van der Waals surface area (Å²) < 4.78 is 40.0. The smallest absolute Gasteiger partial charge is 0.310 e. The van der Waals surface area contributed by atoms with Gasteiger partial charge in [-0.05, 0) is 85.5 Å². The lowest BCUT2D eigenvalue weighted by Crippen LogP contribution is -2.10. The minimum Gasteiger partial charge on any atom is -0.508 e. The highest BCUT2D eigenvalue weighted by molar-refractivity contribution is 9.10. The van der Waals surface area contributed by atoms with Crippen molar-refractivity contribution in [3.05, 3.63) is 127 Å². The molecule has 0 bridgehead atoms. The maximum absolute atomic E-state index is 15.0. The van der Waals surface area contributed by atoms with Crippen LogP contribution in [0.5, 0.6) is 11.5 Å². The number of fused-ring (bicyclic) bond motifs is 2. The molecule has 0 spiro atoms. The molecule has 260 valence electrons. The van der Waals surface area contributed by atoms with Gasteiger partial charge in [0.25, 0.3) is 0 Å². The number of aliphatic carboxylic acids is 2. The summed E-state index contributed by atoms with van der Waals surface area (Å²) >= 11 is 6.80. The topological polar surface area (TPSA) is 114 Å². The first kappa shape index (κ1) is 36.6. The number of hydrogen-bond acceptors (Lipinski definition) is 4. The molecule has 0 saturated heterocycles. The Labute approximate surface area is 303 Å². The summed E-state index contributed by atoms with van der Waals surface area (Å²) in [5.74, 6) is -4.99. The summed E-state index contributed by atoms with van der Waals surface area (Å²) in [6.07, 6.45) is -0.0564. The summed E-state index contributed by atoms with van der Waals surface area (Å²) in [6.45, 7) is 6.14. The number of benzene rings is 4. The van der Waals surface area contributed by atoms with Gasteiger partial charge in [0, 0.05) is 55.8 Å². The Morgan fingerprint density at radius 1 is 0.820 bits per heavy atom. The first-order valence-corrected chi connectivity index (χ1v) is 17.1. The molecule has 50 heavy (non-hydrogen) atoms. The second-order valence-corrected chi connectivity index (χ2v) is 13.8. The molecule has 1 atom stereocenters. The molecule has 2 heterocycles. The Balaban J connectivity index is 0.000000197. The fourth-order valence-corrected chi connectivity index (χ4v) is 6.80. The van der Waals surface area contributed by atoms with Gasteiger partial charge in [0.05, 0.1) is 25.0 Å². The van der Waals surface area contributed by atoms with Crippen molar-refractivity contribution in [2.75, 3.05) is 7.11 Å². The highest BCUT2D eigenvalue weighted by Crippen LogP contribution is 2.39. The standard InChI is InChI=1S/C20H18BrF2NO3.C18H16BrNO3/c1-10(20(25)26)16-11(2)24(9-12-4-6-13(21)7-5-12)15-8-14(22)19(27-3)18(23)17(15)16;1-11-15(9-18(22)23)16-8-14(21)6-7-17(16)20(11)10-12-2-4-13(19)5-3-12/h4-8,10H,9H2,1-3H3,(H,25,26);2-8,21H,9-10H2,1H3,(H,22,23). The zero-order valence-corrected chi connectivity index (χ0v) is 30.8. The van der Waals surface area contributed by atoms with E-state index in [1.165, 1.54) is 20.1 Å². The number of methoxy groups -OCH3 is 1. The van der Waals surface area contributed by atoms with Gasteiger partial charge in [0.2, 0.25) is 0 Å². The average Bonchev–Trinajstić information content (AvgIpc) is 3.48. The van der Waals surface area contributed by atoms with Gasteiger partial charge < -0.3 is 29.2 Å². The lowest BCUT2D eigenvalue weighted by molar-refractivity contribution is -0.138. The first-order valence-electron chi connectivity index (χ1n) is 15.5. The average molecular weight is 813 g/mol. The van der Waals surface area contributed by atoms with E-state index < -0.39 is 35.2 Å². The minimum absolute atomic E-state index is 0.0564. The number of carboxylic acids is 2. The van der Waals surface area contributed by atoms with Gasteiger partial charge in [0.1, 0.15) is 5.75 Å². The number of halogens is 4. The molecule has 0 radical (unpaired) electrons. The maximum Gasteiger partial charge on any atom is 0.310 e. The number of carboxylic acid groups (broad SMARTS) is 2. The van der Waals surface area contributed by atoms with Gasteiger partial charge in [-0.3, -0.25) is 9.59 Å². The summed E-state index contributed by atoms with van der Waals surface area (Å²) in [5.41, 5.74) is 5.84. The number of phenolic OH excluding ortho intramolecular Hbond substituents is 1. The molecule has 2 aromatic heterocycles. The SMILES string of the molecule is COc1c(F)cc2c(c1F)c(C(C)C(=O)O)c(C)n2Cc1ccc(Br)cc1.Cc1c(CC(=O)O)c2cc(O)ccc2n1Cc1ccc(Br)cc1. The number of carbonyl (C=O) groups is 2.